The number of halogens is 1. The van der Waals surface area contributed by atoms with Gasteiger partial charge in [0, 0.05) is 0 Å². The molecule has 0 amide bonds. The molecule has 0 aromatic carbocycles. The Morgan fingerprint density at radius 3 is 3.00 bits per heavy atom. The molecule has 0 saturated heterocycles. The van der Waals surface area contributed by atoms with Gasteiger partial charge in [-0.25, -0.2) is 9.55 Å². The monoisotopic (exact) mass is 318 g/mol. The minimum absolute atomic E-state index is 0. The predicted molar refractivity (Wildman–Crippen MR) is 61.3 cm³/mol. The van der Waals surface area contributed by atoms with Crippen LogP contribution in [0, 0.1) is 0 Å². The van der Waals surface area contributed by atoms with Crippen LogP contribution in [0.5, 0.6) is 0 Å². The molecule has 2 aromatic heterocycles. The van der Waals surface area contributed by atoms with Crippen molar-refractivity contribution in [3.63, 3.8) is 0 Å². The third kappa shape index (κ3) is 3.20. The Morgan fingerprint density at radius 1 is 1.62 bits per heavy atom. The number of aryl methyl sites for hydroxylation is 1. The van der Waals surface area contributed by atoms with Gasteiger partial charge in [0.05, 0.1) is 17.7 Å². The summed E-state index contributed by atoms with van der Waals surface area (Å²) in [6, 6.07) is 3.76. The van der Waals surface area contributed by atoms with E-state index in [1.807, 2.05) is 41.5 Å². The first-order chi connectivity index (χ1) is 7.27. The Labute approximate surface area is 113 Å². The number of hydrogen-bond acceptors (Lipinski definition) is 3. The van der Waals surface area contributed by atoms with Crippen molar-refractivity contribution in [3.8, 4) is 0 Å². The number of nitrogens with one attached hydrogen (secondary N) is 1. The van der Waals surface area contributed by atoms with Crippen molar-refractivity contribution in [2.24, 2.45) is 7.05 Å². The number of thioether (sulfide) groups is 1. The first kappa shape index (κ1) is 13.5. The maximum Gasteiger partial charge on any atom is 0.315 e. The molecular formula is C10H11BrN2OS2. The van der Waals surface area contributed by atoms with Gasteiger partial charge >= 0.3 is 5.16 Å². The lowest BCUT2D eigenvalue weighted by Crippen LogP contribution is -3.00. The quantitative estimate of drug-likeness (QED) is 0.440. The summed E-state index contributed by atoms with van der Waals surface area (Å²) in [4.78, 5) is 15.6. The van der Waals surface area contributed by atoms with Gasteiger partial charge in [-0.3, -0.25) is 4.79 Å². The number of ketones is 1. The number of carbonyl (C=O) groups is 1. The number of nitrogens with zero attached hydrogens (tertiary/aromatic N) is 1. The molecule has 16 heavy (non-hydrogen) atoms. The van der Waals surface area contributed by atoms with Gasteiger partial charge in [-0.15, -0.1) is 11.3 Å². The molecule has 0 saturated carbocycles. The first-order valence-electron chi connectivity index (χ1n) is 4.50. The highest BCUT2D eigenvalue weighted by molar-refractivity contribution is 7.99. The van der Waals surface area contributed by atoms with E-state index in [1.165, 1.54) is 23.1 Å². The second-order valence-corrected chi connectivity index (χ2v) is 4.98. The number of imidazole rings is 1. The maximum atomic E-state index is 11.7. The first-order valence-corrected chi connectivity index (χ1v) is 6.36. The third-order valence-electron chi connectivity index (χ3n) is 1.96. The zero-order valence-corrected chi connectivity index (χ0v) is 11.9. The Bertz CT molecular complexity index is 453. The summed E-state index contributed by atoms with van der Waals surface area (Å²) in [7, 11) is 1.95. The van der Waals surface area contributed by atoms with Crippen molar-refractivity contribution in [2.75, 3.05) is 5.75 Å². The van der Waals surface area contributed by atoms with E-state index in [0.29, 0.717) is 5.75 Å². The number of hydrogen-bond donors (Lipinski definition) is 1. The average molecular weight is 319 g/mol. The van der Waals surface area contributed by atoms with E-state index < -0.39 is 0 Å². The Kier molecular flexibility index (Phi) is 5.24. The summed E-state index contributed by atoms with van der Waals surface area (Å²) in [6.07, 6.45) is 3.79. The largest absolute Gasteiger partial charge is 1.00 e. The van der Waals surface area contributed by atoms with Gasteiger partial charge in [0.25, 0.3) is 0 Å². The number of aromatic amines is 1. The van der Waals surface area contributed by atoms with Crippen molar-refractivity contribution in [1.82, 2.24) is 4.98 Å². The van der Waals surface area contributed by atoms with E-state index in [-0.39, 0.29) is 22.8 Å². The SMILES string of the molecule is C[n+]1cc[nH]c1SCC(=O)c1cccs1.[Br-]. The number of carbonyl (C=O) groups excluding carboxylic acids is 1. The zero-order valence-electron chi connectivity index (χ0n) is 8.64. The summed E-state index contributed by atoms with van der Waals surface area (Å²) in [5.41, 5.74) is 0. The van der Waals surface area contributed by atoms with Crippen molar-refractivity contribution in [2.45, 2.75) is 5.16 Å². The Balaban J connectivity index is 0.00000128. The highest BCUT2D eigenvalue weighted by atomic mass is 79.9. The number of aromatic nitrogens is 2. The fourth-order valence-corrected chi connectivity index (χ4v) is 2.77. The van der Waals surface area contributed by atoms with Crippen LogP contribution >= 0.6 is 23.1 Å². The molecule has 0 spiro atoms. The molecule has 0 fully saturated rings. The molecule has 2 rings (SSSR count). The summed E-state index contributed by atoms with van der Waals surface area (Å²) in [5.74, 6) is 0.666. The third-order valence-corrected chi connectivity index (χ3v) is 3.96. The molecule has 0 aliphatic carbocycles. The minimum Gasteiger partial charge on any atom is -1.00 e. The van der Waals surface area contributed by atoms with Crippen molar-refractivity contribution in [1.29, 1.82) is 0 Å². The maximum absolute atomic E-state index is 11.7. The molecule has 3 nitrogen and oxygen atoms in total. The van der Waals surface area contributed by atoms with Gasteiger partial charge in [0.15, 0.2) is 5.78 Å². The van der Waals surface area contributed by atoms with Crippen LogP contribution in [0.25, 0.3) is 0 Å². The van der Waals surface area contributed by atoms with E-state index in [4.69, 9.17) is 0 Å². The lowest BCUT2D eigenvalue weighted by atomic mass is 10.4. The summed E-state index contributed by atoms with van der Waals surface area (Å²) in [5, 5.41) is 2.92. The molecular weight excluding hydrogens is 308 g/mol. The molecule has 1 N–H and O–H groups in total. The van der Waals surface area contributed by atoms with Crippen LogP contribution < -0.4 is 21.5 Å². The van der Waals surface area contributed by atoms with Gasteiger partial charge in [0.2, 0.25) is 0 Å². The lowest BCUT2D eigenvalue weighted by molar-refractivity contribution is -0.708. The molecule has 0 aliphatic rings. The lowest BCUT2D eigenvalue weighted by Gasteiger charge is -1.94. The van der Waals surface area contributed by atoms with E-state index in [9.17, 15) is 4.79 Å². The number of H-pyrrole nitrogens is 1. The standard InChI is InChI=1S/C10H10N2OS2.BrH/c1-12-5-4-11-10(12)15-7-8(13)9-3-2-6-14-9;/h2-6H,7H2,1H3;1H. The predicted octanol–water partition coefficient (Wildman–Crippen LogP) is -1.12. The Morgan fingerprint density at radius 2 is 2.44 bits per heavy atom. The summed E-state index contributed by atoms with van der Waals surface area (Å²) >= 11 is 3.02. The fraction of sp³-hybridized carbons (Fsp3) is 0.200. The van der Waals surface area contributed by atoms with Crippen molar-refractivity contribution < 1.29 is 26.3 Å². The van der Waals surface area contributed by atoms with Gasteiger partial charge in [0.1, 0.15) is 12.4 Å². The topological polar surface area (TPSA) is 36.7 Å². The molecule has 2 aromatic rings. The van der Waals surface area contributed by atoms with Crippen LogP contribution in [0.4, 0.5) is 0 Å². The highest BCUT2D eigenvalue weighted by Crippen LogP contribution is 2.16. The van der Waals surface area contributed by atoms with Gasteiger partial charge in [-0.05, 0) is 23.2 Å². The van der Waals surface area contributed by atoms with Crippen LogP contribution in [0.15, 0.2) is 35.1 Å². The average Bonchev–Trinajstić information content (AvgIpc) is 2.85. The van der Waals surface area contributed by atoms with Crippen LogP contribution in [0.2, 0.25) is 0 Å². The molecule has 6 heteroatoms. The molecule has 0 bridgehead atoms. The van der Waals surface area contributed by atoms with Gasteiger partial charge < -0.3 is 17.0 Å². The fourth-order valence-electron chi connectivity index (χ4n) is 1.18. The molecule has 0 radical (unpaired) electrons. The van der Waals surface area contributed by atoms with Gasteiger partial charge in [-0.1, -0.05) is 6.07 Å². The van der Waals surface area contributed by atoms with Crippen LogP contribution in [0.3, 0.4) is 0 Å². The normalized spacial score (nSPS) is 9.81. The number of Topliss-reactive ketones (excluding diaryl/α,β-unsaturated/α-hetero) is 1. The minimum atomic E-state index is 0. The van der Waals surface area contributed by atoms with Crippen molar-refractivity contribution in [3.05, 3.63) is 34.8 Å². The Hall–Kier alpha value is -0.590. The second-order valence-electron chi connectivity index (χ2n) is 3.07. The van der Waals surface area contributed by atoms with E-state index in [1.54, 1.807) is 0 Å². The molecule has 0 aliphatic heterocycles. The van der Waals surface area contributed by atoms with E-state index >= 15 is 0 Å². The molecule has 0 atom stereocenters. The zero-order chi connectivity index (χ0) is 10.7. The van der Waals surface area contributed by atoms with E-state index in [2.05, 4.69) is 4.98 Å². The number of thiophene rings is 1. The van der Waals surface area contributed by atoms with Crippen LogP contribution in [0.1, 0.15) is 9.67 Å². The highest BCUT2D eigenvalue weighted by Gasteiger charge is 2.12. The van der Waals surface area contributed by atoms with Crippen molar-refractivity contribution >= 4 is 28.9 Å². The molecule has 2 heterocycles. The summed E-state index contributed by atoms with van der Waals surface area (Å²) < 4.78 is 1.96. The summed E-state index contributed by atoms with van der Waals surface area (Å²) in [6.45, 7) is 0. The second kappa shape index (κ2) is 6.22. The molecule has 86 valence electrons. The smallest absolute Gasteiger partial charge is 0.315 e. The van der Waals surface area contributed by atoms with Gasteiger partial charge in [-0.2, -0.15) is 0 Å². The molecule has 0 unspecified atom stereocenters. The van der Waals surface area contributed by atoms with Crippen LogP contribution in [-0.4, -0.2) is 16.5 Å². The van der Waals surface area contributed by atoms with Crippen LogP contribution in [-0.2, 0) is 7.05 Å². The van der Waals surface area contributed by atoms with E-state index in [0.717, 1.165) is 10.0 Å². The number of rotatable bonds is 4.